The van der Waals surface area contributed by atoms with Crippen LogP contribution < -0.4 is 0 Å². The van der Waals surface area contributed by atoms with E-state index < -0.39 is 0 Å². The minimum absolute atomic E-state index is 0.0463. The zero-order chi connectivity index (χ0) is 9.84. The van der Waals surface area contributed by atoms with Crippen LogP contribution in [0.2, 0.25) is 0 Å². The van der Waals surface area contributed by atoms with Crippen LogP contribution in [0.15, 0.2) is 16.5 Å². The van der Waals surface area contributed by atoms with Crippen molar-refractivity contribution >= 4 is 5.91 Å². The third-order valence-corrected chi connectivity index (χ3v) is 1.86. The molecule has 1 heterocycles. The summed E-state index contributed by atoms with van der Waals surface area (Å²) in [6.07, 6.45) is 0.960. The SMILES string of the molecule is CCCN(C)C(=O)c1ccc(C)o1. The molecule has 0 saturated heterocycles. The number of aryl methyl sites for hydroxylation is 1. The van der Waals surface area contributed by atoms with Gasteiger partial charge in [-0.25, -0.2) is 0 Å². The quantitative estimate of drug-likeness (QED) is 0.715. The lowest BCUT2D eigenvalue weighted by Crippen LogP contribution is -2.26. The lowest BCUT2D eigenvalue weighted by molar-refractivity contribution is 0.0762. The van der Waals surface area contributed by atoms with Crippen LogP contribution in [0.1, 0.15) is 29.7 Å². The number of furan rings is 1. The van der Waals surface area contributed by atoms with E-state index in [9.17, 15) is 4.79 Å². The molecule has 0 atom stereocenters. The molecule has 0 aromatic carbocycles. The number of hydrogen-bond donors (Lipinski definition) is 0. The Morgan fingerprint density at radius 1 is 1.54 bits per heavy atom. The molecule has 1 rings (SSSR count). The van der Waals surface area contributed by atoms with Gasteiger partial charge in [0.1, 0.15) is 5.76 Å². The fourth-order valence-electron chi connectivity index (χ4n) is 1.17. The van der Waals surface area contributed by atoms with Crippen LogP contribution in [0, 0.1) is 6.92 Å². The summed E-state index contributed by atoms with van der Waals surface area (Å²) in [6, 6.07) is 3.51. The maximum atomic E-state index is 11.6. The summed E-state index contributed by atoms with van der Waals surface area (Å²) in [5.74, 6) is 1.15. The minimum atomic E-state index is -0.0463. The Kier molecular flexibility index (Phi) is 3.12. The first-order chi connectivity index (χ1) is 6.15. The second kappa shape index (κ2) is 4.12. The zero-order valence-electron chi connectivity index (χ0n) is 8.33. The van der Waals surface area contributed by atoms with E-state index in [0.29, 0.717) is 5.76 Å². The highest BCUT2D eigenvalue weighted by Crippen LogP contribution is 2.08. The highest BCUT2D eigenvalue weighted by Gasteiger charge is 2.13. The predicted octanol–water partition coefficient (Wildman–Crippen LogP) is 2.07. The van der Waals surface area contributed by atoms with E-state index in [1.165, 1.54) is 0 Å². The van der Waals surface area contributed by atoms with Crippen LogP contribution in [0.25, 0.3) is 0 Å². The minimum Gasteiger partial charge on any atom is -0.456 e. The maximum Gasteiger partial charge on any atom is 0.289 e. The molecule has 0 aliphatic carbocycles. The number of carbonyl (C=O) groups excluding carboxylic acids is 1. The molecule has 1 aromatic rings. The molecule has 0 saturated carbocycles. The number of nitrogens with zero attached hydrogens (tertiary/aromatic N) is 1. The summed E-state index contributed by atoms with van der Waals surface area (Å²) in [5.41, 5.74) is 0. The van der Waals surface area contributed by atoms with Gasteiger partial charge in [0.2, 0.25) is 0 Å². The van der Waals surface area contributed by atoms with Gasteiger partial charge in [-0.3, -0.25) is 4.79 Å². The summed E-state index contributed by atoms with van der Waals surface area (Å²) in [4.78, 5) is 13.2. The Balaban J connectivity index is 2.67. The predicted molar refractivity (Wildman–Crippen MR) is 50.7 cm³/mol. The van der Waals surface area contributed by atoms with Crippen molar-refractivity contribution in [2.45, 2.75) is 20.3 Å². The Labute approximate surface area is 78.3 Å². The lowest BCUT2D eigenvalue weighted by Gasteiger charge is -2.13. The summed E-state index contributed by atoms with van der Waals surface area (Å²) in [5, 5.41) is 0. The van der Waals surface area contributed by atoms with Gasteiger partial charge in [-0.15, -0.1) is 0 Å². The molecular formula is C10H15NO2. The summed E-state index contributed by atoms with van der Waals surface area (Å²) in [6.45, 7) is 4.63. The standard InChI is InChI=1S/C10H15NO2/c1-4-7-11(3)10(12)9-6-5-8(2)13-9/h5-6H,4,7H2,1-3H3. The highest BCUT2D eigenvalue weighted by atomic mass is 16.3. The average molecular weight is 181 g/mol. The lowest BCUT2D eigenvalue weighted by atomic mass is 10.3. The molecule has 0 fully saturated rings. The number of amides is 1. The van der Waals surface area contributed by atoms with Gasteiger partial charge in [0.25, 0.3) is 5.91 Å². The fourth-order valence-corrected chi connectivity index (χ4v) is 1.17. The van der Waals surface area contributed by atoms with Gasteiger partial charge in [-0.1, -0.05) is 6.92 Å². The molecule has 3 heteroatoms. The van der Waals surface area contributed by atoms with Crippen LogP contribution in [-0.2, 0) is 0 Å². The second-order valence-corrected chi connectivity index (χ2v) is 3.14. The summed E-state index contributed by atoms with van der Waals surface area (Å²) < 4.78 is 5.22. The van der Waals surface area contributed by atoms with Crippen molar-refractivity contribution in [3.05, 3.63) is 23.7 Å². The Bertz CT molecular complexity index is 291. The van der Waals surface area contributed by atoms with Crippen molar-refractivity contribution in [2.24, 2.45) is 0 Å². The normalized spacial score (nSPS) is 10.1. The third-order valence-electron chi connectivity index (χ3n) is 1.86. The Morgan fingerprint density at radius 2 is 2.23 bits per heavy atom. The van der Waals surface area contributed by atoms with E-state index in [1.54, 1.807) is 24.1 Å². The average Bonchev–Trinajstić information content (AvgIpc) is 2.51. The van der Waals surface area contributed by atoms with Crippen molar-refractivity contribution in [1.82, 2.24) is 4.90 Å². The van der Waals surface area contributed by atoms with Gasteiger partial charge < -0.3 is 9.32 Å². The van der Waals surface area contributed by atoms with Gasteiger partial charge in [-0.05, 0) is 25.5 Å². The first-order valence-electron chi connectivity index (χ1n) is 4.47. The van der Waals surface area contributed by atoms with Gasteiger partial charge in [0, 0.05) is 13.6 Å². The van der Waals surface area contributed by atoms with E-state index >= 15 is 0 Å². The first kappa shape index (κ1) is 9.84. The third kappa shape index (κ3) is 2.34. The molecule has 1 aromatic heterocycles. The number of rotatable bonds is 3. The van der Waals surface area contributed by atoms with Crippen molar-refractivity contribution in [3.8, 4) is 0 Å². The van der Waals surface area contributed by atoms with E-state index in [4.69, 9.17) is 4.42 Å². The van der Waals surface area contributed by atoms with Gasteiger partial charge in [-0.2, -0.15) is 0 Å². The first-order valence-corrected chi connectivity index (χ1v) is 4.47. The van der Waals surface area contributed by atoms with Crippen molar-refractivity contribution in [1.29, 1.82) is 0 Å². The zero-order valence-corrected chi connectivity index (χ0v) is 8.33. The fraction of sp³-hybridized carbons (Fsp3) is 0.500. The molecule has 0 radical (unpaired) electrons. The van der Waals surface area contributed by atoms with Crippen molar-refractivity contribution in [2.75, 3.05) is 13.6 Å². The molecule has 0 N–H and O–H groups in total. The van der Waals surface area contributed by atoms with E-state index in [2.05, 4.69) is 0 Å². The largest absolute Gasteiger partial charge is 0.456 e. The van der Waals surface area contributed by atoms with Crippen LogP contribution in [0.3, 0.4) is 0 Å². The summed E-state index contributed by atoms with van der Waals surface area (Å²) in [7, 11) is 1.78. The second-order valence-electron chi connectivity index (χ2n) is 3.14. The van der Waals surface area contributed by atoms with Gasteiger partial charge in [0.05, 0.1) is 0 Å². The number of hydrogen-bond acceptors (Lipinski definition) is 2. The van der Waals surface area contributed by atoms with Gasteiger partial charge in [0.15, 0.2) is 5.76 Å². The van der Waals surface area contributed by atoms with E-state index in [-0.39, 0.29) is 5.91 Å². The molecular weight excluding hydrogens is 166 g/mol. The molecule has 0 aliphatic rings. The molecule has 13 heavy (non-hydrogen) atoms. The molecule has 0 spiro atoms. The van der Waals surface area contributed by atoms with E-state index in [1.807, 2.05) is 13.8 Å². The van der Waals surface area contributed by atoms with Crippen molar-refractivity contribution in [3.63, 3.8) is 0 Å². The van der Waals surface area contributed by atoms with Crippen LogP contribution in [0.5, 0.6) is 0 Å². The molecule has 1 amide bonds. The molecule has 3 nitrogen and oxygen atoms in total. The number of carbonyl (C=O) groups is 1. The smallest absolute Gasteiger partial charge is 0.289 e. The van der Waals surface area contributed by atoms with Crippen LogP contribution in [0.4, 0.5) is 0 Å². The molecule has 0 unspecified atom stereocenters. The highest BCUT2D eigenvalue weighted by molar-refractivity contribution is 5.91. The van der Waals surface area contributed by atoms with Crippen LogP contribution in [-0.4, -0.2) is 24.4 Å². The molecule has 72 valence electrons. The van der Waals surface area contributed by atoms with E-state index in [0.717, 1.165) is 18.7 Å². The monoisotopic (exact) mass is 181 g/mol. The maximum absolute atomic E-state index is 11.6. The topological polar surface area (TPSA) is 33.5 Å². The molecule has 0 aliphatic heterocycles. The van der Waals surface area contributed by atoms with Gasteiger partial charge >= 0.3 is 0 Å². The molecule has 0 bridgehead atoms. The van der Waals surface area contributed by atoms with Crippen LogP contribution >= 0.6 is 0 Å². The summed E-state index contributed by atoms with van der Waals surface area (Å²) >= 11 is 0. The Hall–Kier alpha value is -1.25. The van der Waals surface area contributed by atoms with Crippen molar-refractivity contribution < 1.29 is 9.21 Å². The Morgan fingerprint density at radius 3 is 2.69 bits per heavy atom.